The standard InChI is InChI=1S/C17H12ClNO3/c1-19-13-8-7-11(18)9-12(13)16(20)14(17(21)22)15(19)10-5-3-2-4-6-10/h2-9H,1H3,(H,21,22). The second kappa shape index (κ2) is 5.31. The maximum Gasteiger partial charge on any atom is 0.341 e. The van der Waals surface area contributed by atoms with Gasteiger partial charge in [0.2, 0.25) is 5.43 Å². The van der Waals surface area contributed by atoms with E-state index in [0.717, 1.165) is 0 Å². The third-order valence-corrected chi connectivity index (χ3v) is 3.86. The van der Waals surface area contributed by atoms with E-state index < -0.39 is 11.4 Å². The zero-order valence-corrected chi connectivity index (χ0v) is 12.5. The lowest BCUT2D eigenvalue weighted by molar-refractivity contribution is 0.0696. The highest BCUT2D eigenvalue weighted by Gasteiger charge is 2.21. The van der Waals surface area contributed by atoms with E-state index in [1.807, 2.05) is 6.07 Å². The fourth-order valence-corrected chi connectivity index (χ4v) is 2.82. The van der Waals surface area contributed by atoms with E-state index in [1.165, 1.54) is 6.07 Å². The second-order valence-electron chi connectivity index (χ2n) is 4.94. The first-order valence-corrected chi connectivity index (χ1v) is 6.99. The monoisotopic (exact) mass is 313 g/mol. The van der Waals surface area contributed by atoms with E-state index in [2.05, 4.69) is 0 Å². The molecular formula is C17H12ClNO3. The van der Waals surface area contributed by atoms with Gasteiger partial charge in [0, 0.05) is 17.5 Å². The second-order valence-corrected chi connectivity index (χ2v) is 5.38. The van der Waals surface area contributed by atoms with Crippen LogP contribution >= 0.6 is 11.6 Å². The Kier molecular flexibility index (Phi) is 3.47. The van der Waals surface area contributed by atoms with Crippen LogP contribution in [0.1, 0.15) is 10.4 Å². The molecule has 3 rings (SSSR count). The Morgan fingerprint density at radius 1 is 1.14 bits per heavy atom. The molecule has 0 saturated heterocycles. The number of aromatic carboxylic acids is 1. The summed E-state index contributed by atoms with van der Waals surface area (Å²) in [6, 6.07) is 13.9. The Balaban J connectivity index is 2.54. The maximum absolute atomic E-state index is 12.6. The van der Waals surface area contributed by atoms with Crippen molar-refractivity contribution in [2.45, 2.75) is 0 Å². The number of aryl methyl sites for hydroxylation is 1. The predicted octanol–water partition coefficient (Wildman–Crippen LogP) is 3.56. The molecule has 0 aliphatic rings. The first-order chi connectivity index (χ1) is 10.5. The molecule has 22 heavy (non-hydrogen) atoms. The molecule has 0 aliphatic heterocycles. The molecule has 4 nitrogen and oxygen atoms in total. The number of pyridine rings is 1. The molecule has 0 unspecified atom stereocenters. The molecule has 3 aromatic rings. The van der Waals surface area contributed by atoms with Gasteiger partial charge in [-0.25, -0.2) is 4.79 Å². The maximum atomic E-state index is 12.6. The number of hydrogen-bond donors (Lipinski definition) is 1. The van der Waals surface area contributed by atoms with Gasteiger partial charge >= 0.3 is 5.97 Å². The summed E-state index contributed by atoms with van der Waals surface area (Å²) in [4.78, 5) is 24.3. The van der Waals surface area contributed by atoms with Crippen LogP contribution in [-0.2, 0) is 7.05 Å². The fraction of sp³-hybridized carbons (Fsp3) is 0.0588. The number of benzene rings is 2. The summed E-state index contributed by atoms with van der Waals surface area (Å²) in [5.74, 6) is -1.25. The summed E-state index contributed by atoms with van der Waals surface area (Å²) in [5.41, 5.74) is 0.924. The number of fused-ring (bicyclic) bond motifs is 1. The van der Waals surface area contributed by atoms with E-state index in [9.17, 15) is 14.7 Å². The number of rotatable bonds is 2. The number of nitrogens with zero attached hydrogens (tertiary/aromatic N) is 1. The van der Waals surface area contributed by atoms with Crippen molar-refractivity contribution >= 4 is 28.5 Å². The van der Waals surface area contributed by atoms with E-state index in [0.29, 0.717) is 27.2 Å². The normalized spacial score (nSPS) is 10.8. The molecule has 0 spiro atoms. The van der Waals surface area contributed by atoms with Crippen molar-refractivity contribution in [2.24, 2.45) is 7.05 Å². The summed E-state index contributed by atoms with van der Waals surface area (Å²) in [5, 5.41) is 10.2. The zero-order chi connectivity index (χ0) is 15.9. The van der Waals surface area contributed by atoms with E-state index in [4.69, 9.17) is 11.6 Å². The first-order valence-electron chi connectivity index (χ1n) is 6.61. The van der Waals surface area contributed by atoms with Crippen LogP contribution in [0.4, 0.5) is 0 Å². The van der Waals surface area contributed by atoms with Crippen LogP contribution in [0.3, 0.4) is 0 Å². The molecule has 1 N–H and O–H groups in total. The molecule has 1 aromatic heterocycles. The van der Waals surface area contributed by atoms with E-state index in [1.54, 1.807) is 48.0 Å². The van der Waals surface area contributed by atoms with Gasteiger partial charge in [0.05, 0.1) is 11.2 Å². The lowest BCUT2D eigenvalue weighted by atomic mass is 10.0. The quantitative estimate of drug-likeness (QED) is 0.787. The van der Waals surface area contributed by atoms with Gasteiger partial charge in [-0.05, 0) is 23.8 Å². The highest BCUT2D eigenvalue weighted by atomic mass is 35.5. The zero-order valence-electron chi connectivity index (χ0n) is 11.7. The van der Waals surface area contributed by atoms with Gasteiger partial charge in [-0.1, -0.05) is 41.9 Å². The van der Waals surface area contributed by atoms with Crippen LogP contribution in [0, 0.1) is 0 Å². The Labute approximate surface area is 131 Å². The third kappa shape index (κ3) is 2.18. The fourth-order valence-electron chi connectivity index (χ4n) is 2.65. The van der Waals surface area contributed by atoms with Crippen molar-refractivity contribution in [2.75, 3.05) is 0 Å². The molecule has 0 bridgehead atoms. The number of carbonyl (C=O) groups is 1. The molecule has 0 fully saturated rings. The van der Waals surface area contributed by atoms with Gasteiger partial charge in [-0.3, -0.25) is 4.79 Å². The van der Waals surface area contributed by atoms with Crippen molar-refractivity contribution in [3.63, 3.8) is 0 Å². The van der Waals surface area contributed by atoms with Crippen molar-refractivity contribution in [1.29, 1.82) is 0 Å². The molecule has 0 amide bonds. The van der Waals surface area contributed by atoms with Gasteiger partial charge in [-0.15, -0.1) is 0 Å². The molecular weight excluding hydrogens is 302 g/mol. The Morgan fingerprint density at radius 3 is 2.45 bits per heavy atom. The predicted molar refractivity (Wildman–Crippen MR) is 86.6 cm³/mol. The largest absolute Gasteiger partial charge is 0.477 e. The Morgan fingerprint density at radius 2 is 1.82 bits per heavy atom. The van der Waals surface area contributed by atoms with Crippen LogP contribution in [0.15, 0.2) is 53.3 Å². The Hall–Kier alpha value is -2.59. The van der Waals surface area contributed by atoms with Crippen LogP contribution in [0.2, 0.25) is 5.02 Å². The summed E-state index contributed by atoms with van der Waals surface area (Å²) < 4.78 is 1.71. The summed E-state index contributed by atoms with van der Waals surface area (Å²) in [6.07, 6.45) is 0. The SMILES string of the molecule is Cn1c(-c2ccccc2)c(C(=O)O)c(=O)c2cc(Cl)ccc21. The van der Waals surface area contributed by atoms with Crippen molar-refractivity contribution in [3.05, 3.63) is 69.3 Å². The Bertz CT molecular complexity index is 946. The highest BCUT2D eigenvalue weighted by Crippen LogP contribution is 2.26. The minimum absolute atomic E-state index is 0.247. The molecule has 0 aliphatic carbocycles. The lowest BCUT2D eigenvalue weighted by Crippen LogP contribution is -2.21. The summed E-state index contributed by atoms with van der Waals surface area (Å²) in [7, 11) is 1.74. The van der Waals surface area contributed by atoms with Crippen molar-refractivity contribution in [3.8, 4) is 11.3 Å². The average molecular weight is 314 g/mol. The summed E-state index contributed by atoms with van der Waals surface area (Å²) in [6.45, 7) is 0. The number of halogens is 1. The third-order valence-electron chi connectivity index (χ3n) is 3.62. The smallest absolute Gasteiger partial charge is 0.341 e. The minimum atomic E-state index is -1.25. The number of aromatic nitrogens is 1. The molecule has 0 atom stereocenters. The molecule has 110 valence electrons. The van der Waals surface area contributed by atoms with Gasteiger partial charge < -0.3 is 9.67 Å². The molecule has 0 radical (unpaired) electrons. The van der Waals surface area contributed by atoms with Crippen LogP contribution < -0.4 is 5.43 Å². The summed E-state index contributed by atoms with van der Waals surface area (Å²) >= 11 is 5.94. The van der Waals surface area contributed by atoms with Gasteiger partial charge in [0.15, 0.2) is 0 Å². The average Bonchev–Trinajstić information content (AvgIpc) is 2.51. The topological polar surface area (TPSA) is 59.3 Å². The highest BCUT2D eigenvalue weighted by molar-refractivity contribution is 6.31. The van der Waals surface area contributed by atoms with Crippen LogP contribution in [0.25, 0.3) is 22.2 Å². The molecule has 0 saturated carbocycles. The number of carboxylic acid groups (broad SMARTS) is 1. The van der Waals surface area contributed by atoms with Crippen molar-refractivity contribution in [1.82, 2.24) is 4.57 Å². The molecule has 2 aromatic carbocycles. The van der Waals surface area contributed by atoms with Crippen molar-refractivity contribution < 1.29 is 9.90 Å². The van der Waals surface area contributed by atoms with Gasteiger partial charge in [0.25, 0.3) is 0 Å². The molecule has 5 heteroatoms. The van der Waals surface area contributed by atoms with Gasteiger partial charge in [0.1, 0.15) is 5.56 Å². The first kappa shape index (κ1) is 14.4. The van der Waals surface area contributed by atoms with E-state index in [-0.39, 0.29) is 5.56 Å². The van der Waals surface area contributed by atoms with Crippen LogP contribution in [0.5, 0.6) is 0 Å². The molecule has 1 heterocycles. The lowest BCUT2D eigenvalue weighted by Gasteiger charge is -2.15. The van der Waals surface area contributed by atoms with Gasteiger partial charge in [-0.2, -0.15) is 0 Å². The van der Waals surface area contributed by atoms with E-state index >= 15 is 0 Å². The number of hydrogen-bond acceptors (Lipinski definition) is 2. The minimum Gasteiger partial charge on any atom is -0.477 e. The van der Waals surface area contributed by atoms with Crippen LogP contribution in [-0.4, -0.2) is 15.6 Å². The number of carboxylic acids is 1.